The van der Waals surface area contributed by atoms with Gasteiger partial charge in [-0.15, -0.1) is 0 Å². The number of anilines is 1. The molecule has 0 bridgehead atoms. The van der Waals surface area contributed by atoms with Gasteiger partial charge in [0.05, 0.1) is 6.04 Å². The molecule has 1 aromatic carbocycles. The Kier molecular flexibility index (Phi) is 5.44. The highest BCUT2D eigenvalue weighted by Crippen LogP contribution is 2.28. The number of amides is 2. The molecule has 0 spiro atoms. The van der Waals surface area contributed by atoms with Crippen molar-refractivity contribution in [1.82, 2.24) is 19.9 Å². The molecule has 0 aliphatic heterocycles. The zero-order valence-corrected chi connectivity index (χ0v) is 16.5. The number of aryl methyl sites for hydroxylation is 1. The normalized spacial score (nSPS) is 12.6. The number of nitrogens with one attached hydrogen (secondary N) is 2. The van der Waals surface area contributed by atoms with E-state index >= 15 is 0 Å². The van der Waals surface area contributed by atoms with E-state index in [0.29, 0.717) is 0 Å². The summed E-state index contributed by atoms with van der Waals surface area (Å²) in [5.41, 5.74) is 3.60. The summed E-state index contributed by atoms with van der Waals surface area (Å²) in [6.45, 7) is 10.4. The summed E-state index contributed by atoms with van der Waals surface area (Å²) in [4.78, 5) is 21.9. The maximum atomic E-state index is 12.6. The number of nitrogens with zero attached hydrogens (tertiary/aromatic N) is 3. The van der Waals surface area contributed by atoms with E-state index in [-0.39, 0.29) is 24.0 Å². The fourth-order valence-electron chi connectivity index (χ4n) is 3.15. The number of pyridine rings is 1. The first kappa shape index (κ1) is 18.9. The monoisotopic (exact) mass is 365 g/mol. The SMILES string of the molecule is Cc1ccc(NC(=O)N[C@H](c2nc3cccnc3n2C(C)C)C(C)C)cc1. The van der Waals surface area contributed by atoms with Crippen LogP contribution in [0, 0.1) is 12.8 Å². The van der Waals surface area contributed by atoms with Gasteiger partial charge in [-0.2, -0.15) is 0 Å². The minimum Gasteiger partial charge on any atom is -0.328 e. The average molecular weight is 365 g/mol. The maximum absolute atomic E-state index is 12.6. The first-order chi connectivity index (χ1) is 12.9. The summed E-state index contributed by atoms with van der Waals surface area (Å²) < 4.78 is 2.10. The number of aromatic nitrogens is 3. The van der Waals surface area contributed by atoms with Crippen molar-refractivity contribution in [3.63, 3.8) is 0 Å². The summed E-state index contributed by atoms with van der Waals surface area (Å²) in [5.74, 6) is 0.996. The third kappa shape index (κ3) is 4.10. The molecule has 142 valence electrons. The van der Waals surface area contributed by atoms with Crippen LogP contribution in [0.3, 0.4) is 0 Å². The summed E-state index contributed by atoms with van der Waals surface area (Å²) >= 11 is 0. The molecule has 2 amide bonds. The standard InChI is InChI=1S/C21H27N5O/c1-13(2)18(25-21(27)23-16-10-8-15(5)9-11-16)20-24-17-7-6-12-22-19(17)26(20)14(3)4/h6-14,18H,1-5H3,(H2,23,25,27)/t18-/m0/s1. The fourth-order valence-corrected chi connectivity index (χ4v) is 3.15. The van der Waals surface area contributed by atoms with Gasteiger partial charge in [0.15, 0.2) is 5.65 Å². The minimum absolute atomic E-state index is 0.170. The molecular weight excluding hydrogens is 338 g/mol. The number of rotatable bonds is 5. The lowest BCUT2D eigenvalue weighted by atomic mass is 10.0. The van der Waals surface area contributed by atoms with Gasteiger partial charge in [-0.3, -0.25) is 0 Å². The Morgan fingerprint density at radius 3 is 2.41 bits per heavy atom. The second-order valence-electron chi connectivity index (χ2n) is 7.47. The highest BCUT2D eigenvalue weighted by Gasteiger charge is 2.26. The lowest BCUT2D eigenvalue weighted by Crippen LogP contribution is -2.36. The van der Waals surface area contributed by atoms with Crippen LogP contribution in [-0.2, 0) is 0 Å². The molecule has 2 aromatic heterocycles. The molecule has 0 fully saturated rings. The van der Waals surface area contributed by atoms with Crippen molar-refractivity contribution in [2.45, 2.75) is 46.7 Å². The molecule has 6 heteroatoms. The van der Waals surface area contributed by atoms with E-state index in [2.05, 4.69) is 47.9 Å². The topological polar surface area (TPSA) is 71.8 Å². The zero-order valence-electron chi connectivity index (χ0n) is 16.5. The number of benzene rings is 1. The van der Waals surface area contributed by atoms with Crippen LogP contribution in [0.5, 0.6) is 0 Å². The summed E-state index contributed by atoms with van der Waals surface area (Å²) in [6.07, 6.45) is 1.77. The number of fused-ring (bicyclic) bond motifs is 1. The van der Waals surface area contributed by atoms with Gasteiger partial charge in [0, 0.05) is 17.9 Å². The van der Waals surface area contributed by atoms with Crippen molar-refractivity contribution in [2.24, 2.45) is 5.92 Å². The van der Waals surface area contributed by atoms with E-state index in [1.807, 2.05) is 43.3 Å². The predicted molar refractivity (Wildman–Crippen MR) is 109 cm³/mol. The molecule has 27 heavy (non-hydrogen) atoms. The third-order valence-corrected chi connectivity index (χ3v) is 4.53. The van der Waals surface area contributed by atoms with Crippen molar-refractivity contribution < 1.29 is 4.79 Å². The zero-order chi connectivity index (χ0) is 19.6. The van der Waals surface area contributed by atoms with Gasteiger partial charge < -0.3 is 15.2 Å². The fraction of sp³-hybridized carbons (Fsp3) is 0.381. The van der Waals surface area contributed by atoms with Crippen LogP contribution in [0.15, 0.2) is 42.6 Å². The predicted octanol–water partition coefficient (Wildman–Crippen LogP) is 4.84. The van der Waals surface area contributed by atoms with Gasteiger partial charge in [-0.25, -0.2) is 14.8 Å². The van der Waals surface area contributed by atoms with Gasteiger partial charge in [0.1, 0.15) is 11.3 Å². The summed E-state index contributed by atoms with van der Waals surface area (Å²) in [6, 6.07) is 11.3. The molecular formula is C21H27N5O. The average Bonchev–Trinajstić information content (AvgIpc) is 3.00. The molecule has 0 aliphatic carbocycles. The minimum atomic E-state index is -0.243. The van der Waals surface area contributed by atoms with E-state index < -0.39 is 0 Å². The Morgan fingerprint density at radius 2 is 1.78 bits per heavy atom. The van der Waals surface area contributed by atoms with Crippen molar-refractivity contribution >= 4 is 22.9 Å². The van der Waals surface area contributed by atoms with E-state index in [4.69, 9.17) is 4.98 Å². The molecule has 0 saturated carbocycles. The van der Waals surface area contributed by atoms with Gasteiger partial charge in [0.25, 0.3) is 0 Å². The second kappa shape index (κ2) is 7.78. The van der Waals surface area contributed by atoms with Crippen LogP contribution < -0.4 is 10.6 Å². The van der Waals surface area contributed by atoms with Crippen LogP contribution in [-0.4, -0.2) is 20.6 Å². The molecule has 3 rings (SSSR count). The van der Waals surface area contributed by atoms with Crippen LogP contribution in [0.25, 0.3) is 11.2 Å². The van der Waals surface area contributed by atoms with Crippen LogP contribution in [0.1, 0.15) is 51.2 Å². The molecule has 6 nitrogen and oxygen atoms in total. The molecule has 3 aromatic rings. The molecule has 0 radical (unpaired) electrons. The van der Waals surface area contributed by atoms with Gasteiger partial charge in [-0.1, -0.05) is 31.5 Å². The van der Waals surface area contributed by atoms with Crippen molar-refractivity contribution in [3.8, 4) is 0 Å². The van der Waals surface area contributed by atoms with Crippen LogP contribution in [0.2, 0.25) is 0 Å². The number of hydrogen-bond donors (Lipinski definition) is 2. The summed E-state index contributed by atoms with van der Waals surface area (Å²) in [7, 11) is 0. The molecule has 0 aliphatic rings. The summed E-state index contributed by atoms with van der Waals surface area (Å²) in [5, 5.41) is 5.99. The lowest BCUT2D eigenvalue weighted by molar-refractivity contribution is 0.243. The number of carbonyl (C=O) groups is 1. The van der Waals surface area contributed by atoms with E-state index in [1.54, 1.807) is 6.20 Å². The molecule has 1 atom stereocenters. The smallest absolute Gasteiger partial charge is 0.319 e. The Labute approximate surface area is 160 Å². The molecule has 0 unspecified atom stereocenters. The maximum Gasteiger partial charge on any atom is 0.319 e. The third-order valence-electron chi connectivity index (χ3n) is 4.53. The van der Waals surface area contributed by atoms with Crippen molar-refractivity contribution in [3.05, 3.63) is 54.0 Å². The van der Waals surface area contributed by atoms with E-state index in [0.717, 1.165) is 28.2 Å². The number of urea groups is 1. The highest BCUT2D eigenvalue weighted by atomic mass is 16.2. The highest BCUT2D eigenvalue weighted by molar-refractivity contribution is 5.89. The van der Waals surface area contributed by atoms with E-state index in [1.165, 1.54) is 0 Å². The van der Waals surface area contributed by atoms with E-state index in [9.17, 15) is 4.79 Å². The van der Waals surface area contributed by atoms with Crippen LogP contribution >= 0.6 is 0 Å². The molecule has 2 N–H and O–H groups in total. The number of carbonyl (C=O) groups excluding carboxylic acids is 1. The van der Waals surface area contributed by atoms with Crippen LogP contribution in [0.4, 0.5) is 10.5 Å². The lowest BCUT2D eigenvalue weighted by Gasteiger charge is -2.24. The Morgan fingerprint density at radius 1 is 1.07 bits per heavy atom. The number of imidazole rings is 1. The first-order valence-electron chi connectivity index (χ1n) is 9.34. The Balaban J connectivity index is 1.89. The molecule has 2 heterocycles. The van der Waals surface area contributed by atoms with Gasteiger partial charge in [-0.05, 0) is 51.0 Å². The quantitative estimate of drug-likeness (QED) is 0.679. The Hall–Kier alpha value is -2.89. The van der Waals surface area contributed by atoms with Crippen molar-refractivity contribution in [2.75, 3.05) is 5.32 Å². The molecule has 0 saturated heterocycles. The van der Waals surface area contributed by atoms with Crippen molar-refractivity contribution in [1.29, 1.82) is 0 Å². The Bertz CT molecular complexity index is 927. The second-order valence-corrected chi connectivity index (χ2v) is 7.47. The first-order valence-corrected chi connectivity index (χ1v) is 9.34. The van der Waals surface area contributed by atoms with Gasteiger partial charge in [0.2, 0.25) is 0 Å². The largest absolute Gasteiger partial charge is 0.328 e. The van der Waals surface area contributed by atoms with Gasteiger partial charge >= 0.3 is 6.03 Å². The number of hydrogen-bond acceptors (Lipinski definition) is 3.